The fourth-order valence-electron chi connectivity index (χ4n) is 4.67. The highest BCUT2D eigenvalue weighted by atomic mass is 35.5. The molecule has 4 aromatic carbocycles. The highest BCUT2D eigenvalue weighted by Gasteiger charge is 2.18. The number of nitrogens with zero attached hydrogens (tertiary/aromatic N) is 1. The Kier molecular flexibility index (Phi) is 7.91. The van der Waals surface area contributed by atoms with Crippen LogP contribution in [0.15, 0.2) is 96.0 Å². The largest absolute Gasteiger partial charge is 0.478 e. The Bertz CT molecular complexity index is 1900. The molecule has 1 amide bonds. The van der Waals surface area contributed by atoms with E-state index in [2.05, 4.69) is 5.32 Å². The number of carbonyl (C=O) groups is 2. The standard InChI is InChI=1S/C31H24Cl2N2O5S/c1-41(39,40)27-4-2-3-22(14-27)24-13-23-9-10-35(18-20-11-25(32)16-26(33)12-20)29(23)28(15-24)30(36)34-17-19-5-7-21(8-6-19)31(37)38/h2-16H,17-18H2,1H3,(H,34,36)(H,37,38). The third kappa shape index (κ3) is 6.46. The number of benzene rings is 4. The van der Waals surface area contributed by atoms with E-state index in [0.717, 1.165) is 22.8 Å². The molecule has 0 unspecified atom stereocenters. The van der Waals surface area contributed by atoms with E-state index in [1.165, 1.54) is 18.2 Å². The van der Waals surface area contributed by atoms with Gasteiger partial charge in [0.2, 0.25) is 0 Å². The molecule has 10 heteroatoms. The Labute approximate surface area is 246 Å². The number of amides is 1. The van der Waals surface area contributed by atoms with Crippen molar-refractivity contribution in [3.8, 4) is 11.1 Å². The van der Waals surface area contributed by atoms with Gasteiger partial charge in [-0.15, -0.1) is 0 Å². The first kappa shape index (κ1) is 28.4. The molecule has 41 heavy (non-hydrogen) atoms. The van der Waals surface area contributed by atoms with Crippen molar-refractivity contribution in [2.45, 2.75) is 18.0 Å². The average Bonchev–Trinajstić information content (AvgIpc) is 3.33. The van der Waals surface area contributed by atoms with Gasteiger partial charge in [0, 0.05) is 41.0 Å². The maximum absolute atomic E-state index is 13.7. The van der Waals surface area contributed by atoms with Crippen LogP contribution in [0.25, 0.3) is 22.0 Å². The summed E-state index contributed by atoms with van der Waals surface area (Å²) in [6.07, 6.45) is 3.02. The van der Waals surface area contributed by atoms with Crippen LogP contribution in [0.1, 0.15) is 31.8 Å². The maximum atomic E-state index is 13.7. The van der Waals surface area contributed by atoms with Gasteiger partial charge in [0.1, 0.15) is 0 Å². The number of hydrogen-bond acceptors (Lipinski definition) is 4. The van der Waals surface area contributed by atoms with Gasteiger partial charge in [0.15, 0.2) is 9.84 Å². The van der Waals surface area contributed by atoms with Crippen molar-refractivity contribution in [3.05, 3.63) is 123 Å². The molecule has 7 nitrogen and oxygen atoms in total. The molecule has 0 aliphatic carbocycles. The molecule has 1 heterocycles. The number of rotatable bonds is 8. The summed E-state index contributed by atoms with van der Waals surface area (Å²) in [5.74, 6) is -1.37. The normalized spacial score (nSPS) is 11.5. The third-order valence-corrected chi connectivity index (χ3v) is 8.18. The van der Waals surface area contributed by atoms with Gasteiger partial charge in [-0.25, -0.2) is 13.2 Å². The van der Waals surface area contributed by atoms with Gasteiger partial charge in [0.05, 0.1) is 21.5 Å². The van der Waals surface area contributed by atoms with Crippen molar-refractivity contribution in [2.24, 2.45) is 0 Å². The highest BCUT2D eigenvalue weighted by Crippen LogP contribution is 2.31. The second kappa shape index (κ2) is 11.4. The zero-order valence-corrected chi connectivity index (χ0v) is 24.1. The average molecular weight is 608 g/mol. The van der Waals surface area contributed by atoms with E-state index in [0.29, 0.717) is 38.8 Å². The van der Waals surface area contributed by atoms with Gasteiger partial charge in [-0.1, -0.05) is 47.5 Å². The van der Waals surface area contributed by atoms with Crippen LogP contribution in [0.5, 0.6) is 0 Å². The predicted molar refractivity (Wildman–Crippen MR) is 161 cm³/mol. The van der Waals surface area contributed by atoms with Gasteiger partial charge in [-0.3, -0.25) is 4.79 Å². The molecule has 0 spiro atoms. The summed E-state index contributed by atoms with van der Waals surface area (Å²) < 4.78 is 26.3. The SMILES string of the molecule is CS(=O)(=O)c1cccc(-c2cc(C(=O)NCc3ccc(C(=O)O)cc3)c3c(ccn3Cc3cc(Cl)cc(Cl)c3)c2)c1. The van der Waals surface area contributed by atoms with Crippen LogP contribution in [0, 0.1) is 0 Å². The molecule has 0 bridgehead atoms. The van der Waals surface area contributed by atoms with Gasteiger partial charge in [-0.05, 0) is 82.9 Å². The van der Waals surface area contributed by atoms with Crippen LogP contribution in [-0.4, -0.2) is 36.2 Å². The molecule has 208 valence electrons. The van der Waals surface area contributed by atoms with Crippen LogP contribution < -0.4 is 5.32 Å². The molecule has 1 aromatic heterocycles. The molecule has 0 fully saturated rings. The Morgan fingerprint density at radius 1 is 0.854 bits per heavy atom. The van der Waals surface area contributed by atoms with Gasteiger partial charge >= 0.3 is 5.97 Å². The van der Waals surface area contributed by atoms with Crippen molar-refractivity contribution in [1.82, 2.24) is 9.88 Å². The van der Waals surface area contributed by atoms with Crippen molar-refractivity contribution in [1.29, 1.82) is 0 Å². The second-order valence-corrected chi connectivity index (χ2v) is 12.6. The lowest BCUT2D eigenvalue weighted by atomic mass is 9.99. The minimum atomic E-state index is -3.43. The molecule has 5 rings (SSSR count). The van der Waals surface area contributed by atoms with E-state index in [4.69, 9.17) is 28.3 Å². The predicted octanol–water partition coefficient (Wildman–Crippen LogP) is 6.70. The minimum Gasteiger partial charge on any atom is -0.478 e. The lowest BCUT2D eigenvalue weighted by Gasteiger charge is -2.14. The zero-order chi connectivity index (χ0) is 29.3. The Morgan fingerprint density at radius 2 is 1.56 bits per heavy atom. The van der Waals surface area contributed by atoms with Crippen molar-refractivity contribution in [3.63, 3.8) is 0 Å². The van der Waals surface area contributed by atoms with Crippen molar-refractivity contribution >= 4 is 55.8 Å². The quantitative estimate of drug-likeness (QED) is 0.204. The number of carboxylic acid groups (broad SMARTS) is 1. The second-order valence-electron chi connectivity index (χ2n) is 9.67. The first-order chi connectivity index (χ1) is 19.5. The van der Waals surface area contributed by atoms with Crippen LogP contribution in [0.2, 0.25) is 10.0 Å². The number of nitrogens with one attached hydrogen (secondary N) is 1. The number of halogens is 2. The lowest BCUT2D eigenvalue weighted by Crippen LogP contribution is -2.23. The molecule has 0 aliphatic heterocycles. The number of hydrogen-bond donors (Lipinski definition) is 2. The number of aromatic nitrogens is 1. The zero-order valence-electron chi connectivity index (χ0n) is 21.8. The fraction of sp³-hybridized carbons (Fsp3) is 0.0968. The number of sulfone groups is 1. The molecule has 0 atom stereocenters. The summed E-state index contributed by atoms with van der Waals surface area (Å²) >= 11 is 12.4. The minimum absolute atomic E-state index is 0.157. The Morgan fingerprint density at radius 3 is 2.22 bits per heavy atom. The molecule has 5 aromatic rings. The lowest BCUT2D eigenvalue weighted by molar-refractivity contribution is 0.0696. The van der Waals surface area contributed by atoms with Crippen LogP contribution in [0.3, 0.4) is 0 Å². The van der Waals surface area contributed by atoms with E-state index < -0.39 is 15.8 Å². The first-order valence-corrected chi connectivity index (χ1v) is 15.1. The van der Waals surface area contributed by atoms with Gasteiger partial charge in [0.25, 0.3) is 5.91 Å². The summed E-state index contributed by atoms with van der Waals surface area (Å²) in [5, 5.41) is 13.9. The van der Waals surface area contributed by atoms with Gasteiger partial charge in [-0.2, -0.15) is 0 Å². The topological polar surface area (TPSA) is 105 Å². The molecular weight excluding hydrogens is 583 g/mol. The highest BCUT2D eigenvalue weighted by molar-refractivity contribution is 7.90. The molecule has 0 saturated carbocycles. The number of carboxylic acids is 1. The monoisotopic (exact) mass is 606 g/mol. The number of aromatic carboxylic acids is 1. The fourth-order valence-corrected chi connectivity index (χ4v) is 5.91. The Balaban J connectivity index is 1.57. The van der Waals surface area contributed by atoms with Crippen LogP contribution in [-0.2, 0) is 22.9 Å². The summed E-state index contributed by atoms with van der Waals surface area (Å²) in [7, 11) is -3.43. The first-order valence-electron chi connectivity index (χ1n) is 12.5. The summed E-state index contributed by atoms with van der Waals surface area (Å²) in [4.78, 5) is 25.0. The maximum Gasteiger partial charge on any atom is 0.335 e. The van der Waals surface area contributed by atoms with Crippen molar-refractivity contribution in [2.75, 3.05) is 6.26 Å². The summed E-state index contributed by atoms with van der Waals surface area (Å²) in [6, 6.07) is 23.7. The number of fused-ring (bicyclic) bond motifs is 1. The number of carbonyl (C=O) groups excluding carboxylic acids is 1. The molecule has 0 saturated heterocycles. The molecule has 2 N–H and O–H groups in total. The summed E-state index contributed by atoms with van der Waals surface area (Å²) in [5.41, 5.74) is 4.16. The van der Waals surface area contributed by atoms with Crippen LogP contribution in [0.4, 0.5) is 0 Å². The Hall–Kier alpha value is -4.11. The molecule has 0 aliphatic rings. The van der Waals surface area contributed by atoms with E-state index in [1.54, 1.807) is 42.5 Å². The molecule has 0 radical (unpaired) electrons. The van der Waals surface area contributed by atoms with Crippen LogP contribution >= 0.6 is 23.2 Å². The van der Waals surface area contributed by atoms with E-state index >= 15 is 0 Å². The molecular formula is C31H24Cl2N2O5S. The van der Waals surface area contributed by atoms with E-state index in [9.17, 15) is 18.0 Å². The summed E-state index contributed by atoms with van der Waals surface area (Å²) in [6.45, 7) is 0.586. The van der Waals surface area contributed by atoms with Crippen molar-refractivity contribution < 1.29 is 23.1 Å². The third-order valence-electron chi connectivity index (χ3n) is 6.63. The smallest absolute Gasteiger partial charge is 0.335 e. The van der Waals surface area contributed by atoms with E-state index in [-0.39, 0.29) is 22.9 Å². The van der Waals surface area contributed by atoms with E-state index in [1.807, 2.05) is 35.0 Å². The van der Waals surface area contributed by atoms with Gasteiger partial charge < -0.3 is 15.0 Å².